The molecule has 2 aromatic carbocycles. The Kier molecular flexibility index (Phi) is 5.51. The van der Waals surface area contributed by atoms with Gasteiger partial charge < -0.3 is 14.9 Å². The maximum atomic E-state index is 11.8. The summed E-state index contributed by atoms with van der Waals surface area (Å²) < 4.78 is 5.21. The largest absolute Gasteiger partial charge is 0.508 e. The first-order valence-corrected chi connectivity index (χ1v) is 7.07. The van der Waals surface area contributed by atoms with Crippen LogP contribution in [0.2, 0.25) is 0 Å². The van der Waals surface area contributed by atoms with Crippen molar-refractivity contribution in [2.75, 3.05) is 0 Å². The lowest BCUT2D eigenvalue weighted by Crippen LogP contribution is -2.22. The number of hydrazone groups is 1. The van der Waals surface area contributed by atoms with Crippen LogP contribution in [0.25, 0.3) is 0 Å². The third kappa shape index (κ3) is 4.84. The van der Waals surface area contributed by atoms with E-state index in [1.165, 1.54) is 25.3 Å². The average molecular weight is 328 g/mol. The van der Waals surface area contributed by atoms with Crippen LogP contribution >= 0.6 is 0 Å². The van der Waals surface area contributed by atoms with Gasteiger partial charge in [0.15, 0.2) is 6.10 Å². The molecule has 1 amide bonds. The molecule has 2 aromatic rings. The molecule has 3 N–H and O–H groups in total. The SMILES string of the molecule is C[C@H](Oc1ccc(/C=N/NC(=O)c2cccc(O)c2)cc1)C(=O)O. The minimum absolute atomic E-state index is 0.00203. The summed E-state index contributed by atoms with van der Waals surface area (Å²) in [5.74, 6) is -1.07. The fourth-order valence-corrected chi connectivity index (χ4v) is 1.76. The first kappa shape index (κ1) is 17.0. The molecule has 0 spiro atoms. The molecule has 124 valence electrons. The Hall–Kier alpha value is -3.35. The molecule has 24 heavy (non-hydrogen) atoms. The van der Waals surface area contributed by atoms with Gasteiger partial charge in [0.25, 0.3) is 5.91 Å². The fraction of sp³-hybridized carbons (Fsp3) is 0.118. The van der Waals surface area contributed by atoms with Gasteiger partial charge in [-0.15, -0.1) is 0 Å². The minimum atomic E-state index is -1.05. The van der Waals surface area contributed by atoms with Crippen LogP contribution in [0.5, 0.6) is 11.5 Å². The average Bonchev–Trinajstić information content (AvgIpc) is 2.56. The van der Waals surface area contributed by atoms with Gasteiger partial charge in [-0.05, 0) is 55.0 Å². The second kappa shape index (κ2) is 7.77. The summed E-state index contributed by atoms with van der Waals surface area (Å²) >= 11 is 0. The smallest absolute Gasteiger partial charge is 0.344 e. The number of nitrogens with zero attached hydrogens (tertiary/aromatic N) is 1. The number of ether oxygens (including phenoxy) is 1. The zero-order valence-corrected chi connectivity index (χ0v) is 12.8. The Labute approximate surface area is 138 Å². The fourth-order valence-electron chi connectivity index (χ4n) is 1.76. The van der Waals surface area contributed by atoms with Gasteiger partial charge in [-0.3, -0.25) is 4.79 Å². The number of hydrogen-bond acceptors (Lipinski definition) is 5. The molecule has 0 fully saturated rings. The van der Waals surface area contributed by atoms with E-state index in [9.17, 15) is 14.7 Å². The van der Waals surface area contributed by atoms with Crippen molar-refractivity contribution in [2.24, 2.45) is 5.10 Å². The highest BCUT2D eigenvalue weighted by molar-refractivity contribution is 5.95. The van der Waals surface area contributed by atoms with Gasteiger partial charge in [-0.1, -0.05) is 6.07 Å². The number of aliphatic carboxylic acids is 1. The van der Waals surface area contributed by atoms with E-state index in [2.05, 4.69) is 10.5 Å². The molecular weight excluding hydrogens is 312 g/mol. The van der Waals surface area contributed by atoms with Gasteiger partial charge >= 0.3 is 5.97 Å². The van der Waals surface area contributed by atoms with Crippen LogP contribution in [0, 0.1) is 0 Å². The van der Waals surface area contributed by atoms with Crippen molar-refractivity contribution < 1.29 is 24.5 Å². The summed E-state index contributed by atoms with van der Waals surface area (Å²) in [7, 11) is 0. The number of phenolic OH excluding ortho intramolecular Hbond substituents is 1. The Balaban J connectivity index is 1.92. The number of hydrogen-bond donors (Lipinski definition) is 3. The molecule has 0 heterocycles. The molecule has 1 atom stereocenters. The van der Waals surface area contributed by atoms with Crippen LogP contribution < -0.4 is 10.2 Å². The second-order valence-electron chi connectivity index (χ2n) is 4.92. The van der Waals surface area contributed by atoms with E-state index in [0.717, 1.165) is 0 Å². The topological polar surface area (TPSA) is 108 Å². The first-order valence-electron chi connectivity index (χ1n) is 7.07. The molecule has 0 saturated heterocycles. The number of benzene rings is 2. The minimum Gasteiger partial charge on any atom is -0.508 e. The van der Waals surface area contributed by atoms with Crippen LogP contribution in [0.1, 0.15) is 22.8 Å². The molecule has 0 aliphatic heterocycles. The van der Waals surface area contributed by atoms with Gasteiger partial charge in [0, 0.05) is 5.56 Å². The molecule has 0 unspecified atom stereocenters. The summed E-state index contributed by atoms with van der Waals surface area (Å²) in [5, 5.41) is 21.9. The number of rotatable bonds is 6. The maximum absolute atomic E-state index is 11.8. The predicted molar refractivity (Wildman–Crippen MR) is 87.3 cm³/mol. The Morgan fingerprint density at radius 2 is 1.92 bits per heavy atom. The number of carbonyl (C=O) groups excluding carboxylic acids is 1. The van der Waals surface area contributed by atoms with Gasteiger partial charge in [-0.25, -0.2) is 10.2 Å². The van der Waals surface area contributed by atoms with Crippen molar-refractivity contribution in [3.05, 3.63) is 59.7 Å². The predicted octanol–water partition coefficient (Wildman–Crippen LogP) is 2.01. The number of carbonyl (C=O) groups is 2. The monoisotopic (exact) mass is 328 g/mol. The quantitative estimate of drug-likeness (QED) is 0.555. The van der Waals surface area contributed by atoms with Gasteiger partial charge in [0.1, 0.15) is 11.5 Å². The van der Waals surface area contributed by atoms with E-state index < -0.39 is 18.0 Å². The van der Waals surface area contributed by atoms with E-state index in [0.29, 0.717) is 16.9 Å². The van der Waals surface area contributed by atoms with Crippen molar-refractivity contribution in [3.63, 3.8) is 0 Å². The summed E-state index contributed by atoms with van der Waals surface area (Å²) in [5.41, 5.74) is 3.33. The number of nitrogens with one attached hydrogen (secondary N) is 1. The van der Waals surface area contributed by atoms with Crippen molar-refractivity contribution in [2.45, 2.75) is 13.0 Å². The highest BCUT2D eigenvalue weighted by Crippen LogP contribution is 2.13. The van der Waals surface area contributed by atoms with Crippen LogP contribution in [0.3, 0.4) is 0 Å². The molecule has 0 saturated carbocycles. The van der Waals surface area contributed by atoms with Crippen LogP contribution in [0.4, 0.5) is 0 Å². The van der Waals surface area contributed by atoms with Gasteiger partial charge in [-0.2, -0.15) is 5.10 Å². The summed E-state index contributed by atoms with van der Waals surface area (Å²) in [6.07, 6.45) is 0.497. The van der Waals surface area contributed by atoms with Gasteiger partial charge in [0.05, 0.1) is 6.21 Å². The van der Waals surface area contributed by atoms with Crippen molar-refractivity contribution >= 4 is 18.1 Å². The zero-order chi connectivity index (χ0) is 17.5. The van der Waals surface area contributed by atoms with E-state index in [1.807, 2.05) is 0 Å². The van der Waals surface area contributed by atoms with Crippen molar-refractivity contribution in [1.82, 2.24) is 5.43 Å². The van der Waals surface area contributed by atoms with E-state index in [-0.39, 0.29) is 5.75 Å². The molecule has 7 nitrogen and oxygen atoms in total. The number of carboxylic acid groups (broad SMARTS) is 1. The molecule has 2 rings (SSSR count). The van der Waals surface area contributed by atoms with E-state index >= 15 is 0 Å². The number of phenols is 1. The highest BCUT2D eigenvalue weighted by atomic mass is 16.5. The highest BCUT2D eigenvalue weighted by Gasteiger charge is 2.11. The molecular formula is C17H16N2O5. The van der Waals surface area contributed by atoms with E-state index in [1.54, 1.807) is 36.4 Å². The lowest BCUT2D eigenvalue weighted by molar-refractivity contribution is -0.144. The normalized spacial score (nSPS) is 11.9. The maximum Gasteiger partial charge on any atom is 0.344 e. The van der Waals surface area contributed by atoms with Crippen LogP contribution in [-0.2, 0) is 4.79 Å². The van der Waals surface area contributed by atoms with Crippen LogP contribution in [0.15, 0.2) is 53.6 Å². The lowest BCUT2D eigenvalue weighted by Gasteiger charge is -2.09. The summed E-state index contributed by atoms with van der Waals surface area (Å²) in [6.45, 7) is 1.44. The van der Waals surface area contributed by atoms with Crippen LogP contribution in [-0.4, -0.2) is 34.4 Å². The summed E-state index contributed by atoms with van der Waals surface area (Å²) in [6, 6.07) is 12.5. The Morgan fingerprint density at radius 1 is 1.21 bits per heavy atom. The molecule has 0 aromatic heterocycles. The number of aromatic hydroxyl groups is 1. The lowest BCUT2D eigenvalue weighted by atomic mass is 10.2. The van der Waals surface area contributed by atoms with E-state index in [4.69, 9.17) is 9.84 Å². The Morgan fingerprint density at radius 3 is 2.54 bits per heavy atom. The van der Waals surface area contributed by atoms with Crippen molar-refractivity contribution in [1.29, 1.82) is 0 Å². The Bertz CT molecular complexity index is 756. The number of carboxylic acids is 1. The molecule has 7 heteroatoms. The number of amides is 1. The van der Waals surface area contributed by atoms with Gasteiger partial charge in [0.2, 0.25) is 0 Å². The standard InChI is InChI=1S/C17H16N2O5/c1-11(17(22)23)24-15-7-5-12(6-8-15)10-18-19-16(21)13-3-2-4-14(20)9-13/h2-11,20H,1H3,(H,19,21)(H,22,23)/b18-10+/t11-/m0/s1. The second-order valence-corrected chi connectivity index (χ2v) is 4.92. The third-order valence-electron chi connectivity index (χ3n) is 3.03. The molecule has 0 aliphatic carbocycles. The first-order chi connectivity index (χ1) is 11.5. The van der Waals surface area contributed by atoms with Crippen molar-refractivity contribution in [3.8, 4) is 11.5 Å². The summed E-state index contributed by atoms with van der Waals surface area (Å²) in [4.78, 5) is 22.5. The molecule has 0 bridgehead atoms. The molecule has 0 aliphatic rings. The molecule has 0 radical (unpaired) electrons. The third-order valence-corrected chi connectivity index (χ3v) is 3.03. The zero-order valence-electron chi connectivity index (χ0n) is 12.8.